The Morgan fingerprint density at radius 1 is 1.28 bits per heavy atom. The topological polar surface area (TPSA) is 35.6 Å². The summed E-state index contributed by atoms with van der Waals surface area (Å²) in [7, 11) is 1.97. The third-order valence-corrected chi connectivity index (χ3v) is 3.25. The molecule has 0 aromatic carbocycles. The van der Waals surface area contributed by atoms with Gasteiger partial charge in [-0.1, -0.05) is 20.8 Å². The van der Waals surface area contributed by atoms with E-state index in [1.807, 2.05) is 18.7 Å². The Bertz CT molecular complexity index is 551. The Hall–Kier alpha value is -1.03. The molecule has 0 aliphatic carbocycles. The third kappa shape index (κ3) is 2.14. The van der Waals surface area contributed by atoms with Crippen LogP contribution in [-0.2, 0) is 20.0 Å². The fraction of sp³-hybridized carbons (Fsp3) is 0.692. The molecule has 1 atom stereocenters. The van der Waals surface area contributed by atoms with Crippen molar-refractivity contribution in [1.29, 1.82) is 0 Å². The summed E-state index contributed by atoms with van der Waals surface area (Å²) in [6, 6.07) is 0. The van der Waals surface area contributed by atoms with E-state index >= 15 is 0 Å². The lowest BCUT2D eigenvalue weighted by Crippen LogP contribution is -2.11. The fourth-order valence-electron chi connectivity index (χ4n) is 2.35. The second-order valence-electron chi connectivity index (χ2n) is 5.19. The molecule has 1 unspecified atom stereocenters. The maximum atomic E-state index is 6.26. The number of hydrogen-bond donors (Lipinski definition) is 0. The van der Waals surface area contributed by atoms with Crippen LogP contribution >= 0.6 is 11.6 Å². The molecule has 0 bridgehead atoms. The lowest BCUT2D eigenvalue weighted by Gasteiger charge is -2.13. The van der Waals surface area contributed by atoms with E-state index in [-0.39, 0.29) is 5.38 Å². The van der Waals surface area contributed by atoms with E-state index in [4.69, 9.17) is 16.6 Å². The summed E-state index contributed by atoms with van der Waals surface area (Å²) in [6.07, 6.45) is 0.895. The summed E-state index contributed by atoms with van der Waals surface area (Å²) < 4.78 is 4.14. The van der Waals surface area contributed by atoms with Gasteiger partial charge in [-0.05, 0) is 19.3 Å². The molecule has 0 spiro atoms. The van der Waals surface area contributed by atoms with Gasteiger partial charge in [0.1, 0.15) is 11.3 Å². The van der Waals surface area contributed by atoms with E-state index in [1.54, 1.807) is 0 Å². The number of rotatable bonds is 4. The second-order valence-corrected chi connectivity index (χ2v) is 5.84. The number of aryl methyl sites for hydroxylation is 2. The highest BCUT2D eigenvalue weighted by atomic mass is 35.5. The zero-order valence-electron chi connectivity index (χ0n) is 11.7. The van der Waals surface area contributed by atoms with Gasteiger partial charge in [-0.2, -0.15) is 5.10 Å². The molecule has 5 heteroatoms. The predicted molar refractivity (Wildman–Crippen MR) is 75.0 cm³/mol. The van der Waals surface area contributed by atoms with Crippen molar-refractivity contribution < 1.29 is 0 Å². The van der Waals surface area contributed by atoms with Gasteiger partial charge in [0.15, 0.2) is 5.65 Å². The number of fused-ring (bicyclic) bond motifs is 1. The minimum Gasteiger partial charge on any atom is -0.311 e. The summed E-state index contributed by atoms with van der Waals surface area (Å²) in [4.78, 5) is 4.70. The first-order valence-electron chi connectivity index (χ1n) is 6.51. The highest BCUT2D eigenvalue weighted by molar-refractivity contribution is 6.20. The number of aromatic nitrogens is 4. The van der Waals surface area contributed by atoms with Crippen molar-refractivity contribution in [2.75, 3.05) is 0 Å². The van der Waals surface area contributed by atoms with Crippen LogP contribution in [0.25, 0.3) is 11.2 Å². The lowest BCUT2D eigenvalue weighted by atomic mass is 10.2. The van der Waals surface area contributed by atoms with Gasteiger partial charge < -0.3 is 4.57 Å². The Kier molecular flexibility index (Phi) is 3.66. The van der Waals surface area contributed by atoms with Crippen molar-refractivity contribution in [3.05, 3.63) is 11.5 Å². The number of halogens is 1. The smallest absolute Gasteiger partial charge is 0.158 e. The lowest BCUT2D eigenvalue weighted by molar-refractivity contribution is 0.508. The van der Waals surface area contributed by atoms with Crippen molar-refractivity contribution in [3.8, 4) is 0 Å². The molecule has 18 heavy (non-hydrogen) atoms. The Labute approximate surface area is 113 Å². The molecule has 0 aliphatic rings. The maximum Gasteiger partial charge on any atom is 0.158 e. The van der Waals surface area contributed by atoms with Crippen LogP contribution in [0.4, 0.5) is 0 Å². The van der Waals surface area contributed by atoms with Crippen LogP contribution in [0.3, 0.4) is 0 Å². The number of hydrogen-bond acceptors (Lipinski definition) is 2. The Balaban J connectivity index is 2.68. The number of nitrogens with zero attached hydrogens (tertiary/aromatic N) is 4. The van der Waals surface area contributed by atoms with E-state index < -0.39 is 0 Å². The zero-order chi connectivity index (χ0) is 13.4. The minimum absolute atomic E-state index is 0.0825. The standard InChI is InChI=1S/C13H21ClN4/c1-6-10-11-13(17(5)16-10)18(7-8(2)3)12(15-11)9(4)14/h8-9H,6-7H2,1-5H3. The molecular formula is C13H21ClN4. The molecule has 0 N–H and O–H groups in total. The predicted octanol–water partition coefficient (Wildman–Crippen LogP) is 3.29. The number of imidazole rings is 1. The minimum atomic E-state index is -0.0825. The molecule has 0 radical (unpaired) electrons. The van der Waals surface area contributed by atoms with Gasteiger partial charge in [0.05, 0.1) is 11.1 Å². The maximum absolute atomic E-state index is 6.26. The van der Waals surface area contributed by atoms with Crippen molar-refractivity contribution in [3.63, 3.8) is 0 Å². The molecule has 0 amide bonds. The van der Waals surface area contributed by atoms with E-state index in [9.17, 15) is 0 Å². The van der Waals surface area contributed by atoms with E-state index in [0.717, 1.165) is 35.6 Å². The molecule has 4 nitrogen and oxygen atoms in total. The van der Waals surface area contributed by atoms with Gasteiger partial charge >= 0.3 is 0 Å². The number of alkyl halides is 1. The molecule has 100 valence electrons. The van der Waals surface area contributed by atoms with Gasteiger partial charge in [0.2, 0.25) is 0 Å². The summed E-state index contributed by atoms with van der Waals surface area (Å²) in [5.74, 6) is 1.50. The molecule has 0 fully saturated rings. The van der Waals surface area contributed by atoms with Crippen LogP contribution in [0.2, 0.25) is 0 Å². The monoisotopic (exact) mass is 268 g/mol. The van der Waals surface area contributed by atoms with E-state index in [2.05, 4.69) is 30.4 Å². The van der Waals surface area contributed by atoms with Gasteiger partial charge in [-0.15, -0.1) is 11.6 Å². The highest BCUT2D eigenvalue weighted by Gasteiger charge is 2.21. The van der Waals surface area contributed by atoms with E-state index in [0.29, 0.717) is 5.92 Å². The van der Waals surface area contributed by atoms with Crippen LogP contribution < -0.4 is 0 Å². The van der Waals surface area contributed by atoms with Gasteiger partial charge in [0.25, 0.3) is 0 Å². The summed E-state index contributed by atoms with van der Waals surface area (Å²) in [5, 5.41) is 4.44. The fourth-order valence-corrected chi connectivity index (χ4v) is 2.51. The summed E-state index contributed by atoms with van der Waals surface area (Å²) in [6.45, 7) is 9.40. The Morgan fingerprint density at radius 3 is 2.44 bits per heavy atom. The zero-order valence-corrected chi connectivity index (χ0v) is 12.5. The van der Waals surface area contributed by atoms with Crippen LogP contribution in [-0.4, -0.2) is 19.3 Å². The van der Waals surface area contributed by atoms with Crippen LogP contribution in [0.15, 0.2) is 0 Å². The van der Waals surface area contributed by atoms with Crippen molar-refractivity contribution >= 4 is 22.8 Å². The molecule has 2 heterocycles. The first-order valence-corrected chi connectivity index (χ1v) is 6.95. The molecule has 2 aromatic rings. The molecule has 0 saturated carbocycles. The summed E-state index contributed by atoms with van der Waals surface area (Å²) >= 11 is 6.26. The van der Waals surface area contributed by atoms with Crippen molar-refractivity contribution in [2.24, 2.45) is 13.0 Å². The van der Waals surface area contributed by atoms with Crippen LogP contribution in [0.5, 0.6) is 0 Å². The molecule has 2 rings (SSSR count). The largest absolute Gasteiger partial charge is 0.311 e. The van der Waals surface area contributed by atoms with Crippen molar-refractivity contribution in [2.45, 2.75) is 46.0 Å². The van der Waals surface area contributed by atoms with Gasteiger partial charge in [-0.3, -0.25) is 4.68 Å². The first kappa shape index (κ1) is 13.4. The van der Waals surface area contributed by atoms with Crippen LogP contribution in [0.1, 0.15) is 44.6 Å². The van der Waals surface area contributed by atoms with Gasteiger partial charge in [-0.25, -0.2) is 4.98 Å². The summed E-state index contributed by atoms with van der Waals surface area (Å²) in [5.41, 5.74) is 3.14. The normalized spacial score (nSPS) is 13.7. The molecular weight excluding hydrogens is 248 g/mol. The molecule has 0 aliphatic heterocycles. The average Bonchev–Trinajstić information content (AvgIpc) is 2.77. The molecule has 0 saturated heterocycles. The van der Waals surface area contributed by atoms with Crippen molar-refractivity contribution in [1.82, 2.24) is 19.3 Å². The van der Waals surface area contributed by atoms with E-state index in [1.165, 1.54) is 0 Å². The molecule has 2 aromatic heterocycles. The SMILES string of the molecule is CCc1nn(C)c2c1nc(C(C)Cl)n2CC(C)C. The highest BCUT2D eigenvalue weighted by Crippen LogP contribution is 2.27. The Morgan fingerprint density at radius 2 is 1.94 bits per heavy atom. The average molecular weight is 269 g/mol. The third-order valence-electron chi connectivity index (χ3n) is 3.06. The first-order chi connectivity index (χ1) is 8.45. The van der Waals surface area contributed by atoms with Gasteiger partial charge in [0, 0.05) is 13.6 Å². The van der Waals surface area contributed by atoms with Crippen LogP contribution in [0, 0.1) is 5.92 Å². The second kappa shape index (κ2) is 4.92. The quantitative estimate of drug-likeness (QED) is 0.798.